The molecular weight excluding hydrogens is 192 g/mol. The third-order valence-electron chi connectivity index (χ3n) is 3.29. The van der Waals surface area contributed by atoms with Crippen LogP contribution in [0.4, 0.5) is 0 Å². The van der Waals surface area contributed by atoms with Gasteiger partial charge in [-0.15, -0.1) is 0 Å². The second-order valence-electron chi connectivity index (χ2n) is 4.50. The summed E-state index contributed by atoms with van der Waals surface area (Å²) in [7, 11) is 0. The number of carbonyl (C=O) groups is 1. The third-order valence-corrected chi connectivity index (χ3v) is 3.29. The molecule has 0 aliphatic heterocycles. The summed E-state index contributed by atoms with van der Waals surface area (Å²) in [5, 5.41) is 12.2. The van der Waals surface area contributed by atoms with Crippen LogP contribution in [0.25, 0.3) is 0 Å². The van der Waals surface area contributed by atoms with Gasteiger partial charge in [0.1, 0.15) is 0 Å². The lowest BCUT2D eigenvalue weighted by molar-refractivity contribution is -0.129. The first kappa shape index (κ1) is 12.5. The van der Waals surface area contributed by atoms with Crippen molar-refractivity contribution in [2.24, 2.45) is 11.7 Å². The van der Waals surface area contributed by atoms with Gasteiger partial charge in [0.05, 0.1) is 18.1 Å². The van der Waals surface area contributed by atoms with Crippen LogP contribution in [0.3, 0.4) is 0 Å². The van der Waals surface area contributed by atoms with E-state index in [0.717, 1.165) is 32.1 Å². The van der Waals surface area contributed by atoms with E-state index in [1.165, 1.54) is 0 Å². The van der Waals surface area contributed by atoms with Gasteiger partial charge in [0, 0.05) is 6.54 Å². The number of hydrogen-bond acceptors (Lipinski definition) is 3. The third kappa shape index (κ3) is 2.92. The molecule has 0 radical (unpaired) electrons. The molecule has 1 fully saturated rings. The fourth-order valence-electron chi connectivity index (χ4n) is 1.99. The molecule has 1 amide bonds. The molecule has 1 unspecified atom stereocenters. The molecule has 1 rings (SSSR count). The molecule has 0 bridgehead atoms. The summed E-state index contributed by atoms with van der Waals surface area (Å²) in [5.41, 5.74) is 5.22. The smallest absolute Gasteiger partial charge is 0.224 e. The Bertz CT molecular complexity index is 209. The van der Waals surface area contributed by atoms with Crippen LogP contribution >= 0.6 is 0 Å². The van der Waals surface area contributed by atoms with Gasteiger partial charge in [0.25, 0.3) is 0 Å². The molecule has 0 aromatic carbocycles. The average Bonchev–Trinajstić information content (AvgIpc) is 2.19. The highest BCUT2D eigenvalue weighted by atomic mass is 16.3. The number of rotatable bonds is 6. The molecule has 0 aromatic rings. The van der Waals surface area contributed by atoms with E-state index in [-0.39, 0.29) is 24.0 Å². The van der Waals surface area contributed by atoms with Gasteiger partial charge in [-0.25, -0.2) is 0 Å². The van der Waals surface area contributed by atoms with Crippen molar-refractivity contribution < 1.29 is 9.90 Å². The molecule has 4 heteroatoms. The molecule has 1 aliphatic carbocycles. The van der Waals surface area contributed by atoms with Crippen molar-refractivity contribution in [3.05, 3.63) is 0 Å². The average molecular weight is 214 g/mol. The van der Waals surface area contributed by atoms with E-state index in [0.29, 0.717) is 6.54 Å². The zero-order valence-electron chi connectivity index (χ0n) is 9.46. The van der Waals surface area contributed by atoms with Crippen molar-refractivity contribution in [3.8, 4) is 0 Å². The van der Waals surface area contributed by atoms with Crippen LogP contribution in [0.1, 0.15) is 39.0 Å². The number of nitrogens with one attached hydrogen (secondary N) is 1. The van der Waals surface area contributed by atoms with Gasteiger partial charge in [-0.2, -0.15) is 0 Å². The molecule has 0 heterocycles. The number of nitrogens with two attached hydrogens (primary N) is 1. The van der Waals surface area contributed by atoms with Crippen LogP contribution in [0.15, 0.2) is 0 Å². The minimum absolute atomic E-state index is 0.00750. The fraction of sp³-hybridized carbons (Fsp3) is 0.909. The maximum absolute atomic E-state index is 11.8. The molecule has 1 saturated carbocycles. The quantitative estimate of drug-likeness (QED) is 0.599. The predicted octanol–water partition coefficient (Wildman–Crippen LogP) is 0.393. The summed E-state index contributed by atoms with van der Waals surface area (Å²) in [6, 6.07) is 0. The zero-order valence-corrected chi connectivity index (χ0v) is 9.46. The molecule has 1 atom stereocenters. The zero-order chi connectivity index (χ0) is 11.3. The van der Waals surface area contributed by atoms with Crippen LogP contribution in [0, 0.1) is 5.92 Å². The second-order valence-corrected chi connectivity index (χ2v) is 4.50. The van der Waals surface area contributed by atoms with Crippen LogP contribution in [-0.2, 0) is 4.79 Å². The Morgan fingerprint density at radius 3 is 2.60 bits per heavy atom. The number of aliphatic hydroxyl groups excluding tert-OH is 1. The van der Waals surface area contributed by atoms with Crippen molar-refractivity contribution in [3.63, 3.8) is 0 Å². The van der Waals surface area contributed by atoms with E-state index in [1.54, 1.807) is 0 Å². The van der Waals surface area contributed by atoms with Gasteiger partial charge in [0.2, 0.25) is 5.91 Å². The van der Waals surface area contributed by atoms with E-state index in [1.807, 2.05) is 6.92 Å². The second kappa shape index (κ2) is 5.47. The summed E-state index contributed by atoms with van der Waals surface area (Å²) >= 11 is 0. The molecule has 0 aromatic heterocycles. The predicted molar refractivity (Wildman–Crippen MR) is 59.3 cm³/mol. The van der Waals surface area contributed by atoms with E-state index in [9.17, 15) is 9.90 Å². The van der Waals surface area contributed by atoms with E-state index in [2.05, 4.69) is 5.32 Å². The maximum atomic E-state index is 11.8. The minimum atomic E-state index is -0.335. The summed E-state index contributed by atoms with van der Waals surface area (Å²) in [5.74, 6) is -0.0906. The number of amides is 1. The number of hydrogen-bond donors (Lipinski definition) is 3. The summed E-state index contributed by atoms with van der Waals surface area (Å²) in [6.07, 6.45) is 4.64. The van der Waals surface area contributed by atoms with Crippen molar-refractivity contribution in [1.29, 1.82) is 0 Å². The Balaban J connectivity index is 2.45. The van der Waals surface area contributed by atoms with Crippen LogP contribution in [0.5, 0.6) is 0 Å². The Hall–Kier alpha value is -0.610. The monoisotopic (exact) mass is 214 g/mol. The van der Waals surface area contributed by atoms with Crippen LogP contribution < -0.4 is 11.1 Å². The van der Waals surface area contributed by atoms with Crippen LogP contribution in [-0.4, -0.2) is 29.7 Å². The topological polar surface area (TPSA) is 75.4 Å². The Morgan fingerprint density at radius 1 is 1.60 bits per heavy atom. The minimum Gasteiger partial charge on any atom is -0.394 e. The SMILES string of the molecule is CCCC(CN)C(=O)NC1(CO)CCC1. The molecule has 0 saturated heterocycles. The molecule has 88 valence electrons. The fourth-order valence-corrected chi connectivity index (χ4v) is 1.99. The van der Waals surface area contributed by atoms with Crippen molar-refractivity contribution in [2.75, 3.05) is 13.2 Å². The molecule has 4 N–H and O–H groups in total. The highest BCUT2D eigenvalue weighted by Gasteiger charge is 2.38. The Kier molecular flexibility index (Phi) is 4.54. The molecule has 15 heavy (non-hydrogen) atoms. The molecule has 0 spiro atoms. The van der Waals surface area contributed by atoms with Gasteiger partial charge in [-0.3, -0.25) is 4.79 Å². The first-order valence-electron chi connectivity index (χ1n) is 5.80. The van der Waals surface area contributed by atoms with Gasteiger partial charge in [0.15, 0.2) is 0 Å². The maximum Gasteiger partial charge on any atom is 0.224 e. The lowest BCUT2D eigenvalue weighted by atomic mass is 9.77. The Labute approximate surface area is 91.2 Å². The standard InChI is InChI=1S/C11H22N2O2/c1-2-4-9(7-12)10(15)13-11(8-14)5-3-6-11/h9,14H,2-8,12H2,1H3,(H,13,15). The van der Waals surface area contributed by atoms with E-state index >= 15 is 0 Å². The summed E-state index contributed by atoms with van der Waals surface area (Å²) < 4.78 is 0. The first-order chi connectivity index (χ1) is 7.17. The lowest BCUT2D eigenvalue weighted by Gasteiger charge is -2.41. The summed E-state index contributed by atoms with van der Waals surface area (Å²) in [6.45, 7) is 2.48. The lowest BCUT2D eigenvalue weighted by Crippen LogP contribution is -2.58. The highest BCUT2D eigenvalue weighted by Crippen LogP contribution is 2.31. The van der Waals surface area contributed by atoms with Gasteiger partial charge in [-0.05, 0) is 25.7 Å². The number of aliphatic hydroxyl groups is 1. The number of carbonyl (C=O) groups excluding carboxylic acids is 1. The van der Waals surface area contributed by atoms with Crippen LogP contribution in [0.2, 0.25) is 0 Å². The summed E-state index contributed by atoms with van der Waals surface area (Å²) in [4.78, 5) is 11.8. The molecular formula is C11H22N2O2. The largest absolute Gasteiger partial charge is 0.394 e. The van der Waals surface area contributed by atoms with Crippen molar-refractivity contribution in [2.45, 2.75) is 44.6 Å². The van der Waals surface area contributed by atoms with Crippen molar-refractivity contribution >= 4 is 5.91 Å². The molecule has 4 nitrogen and oxygen atoms in total. The Morgan fingerprint density at radius 2 is 2.27 bits per heavy atom. The normalized spacial score (nSPS) is 20.5. The van der Waals surface area contributed by atoms with Gasteiger partial charge >= 0.3 is 0 Å². The van der Waals surface area contributed by atoms with E-state index < -0.39 is 0 Å². The van der Waals surface area contributed by atoms with Gasteiger partial charge in [-0.1, -0.05) is 13.3 Å². The van der Waals surface area contributed by atoms with Crippen molar-refractivity contribution in [1.82, 2.24) is 5.32 Å². The highest BCUT2D eigenvalue weighted by molar-refractivity contribution is 5.79. The van der Waals surface area contributed by atoms with E-state index in [4.69, 9.17) is 5.73 Å². The van der Waals surface area contributed by atoms with Gasteiger partial charge < -0.3 is 16.2 Å². The first-order valence-corrected chi connectivity index (χ1v) is 5.80. The molecule has 1 aliphatic rings.